The number of H-pyrrole nitrogens is 1. The predicted octanol–water partition coefficient (Wildman–Crippen LogP) is 3.28. The summed E-state index contributed by atoms with van der Waals surface area (Å²) in [5.41, 5.74) is 9.44. The monoisotopic (exact) mass is 396 g/mol. The smallest absolute Gasteiger partial charge is 0.251 e. The number of carbonyl (C=O) groups excluding carboxylic acids is 2. The molecule has 3 aromatic rings. The first-order valence-electron chi connectivity index (χ1n) is 9.50. The maximum Gasteiger partial charge on any atom is 0.251 e. The Kier molecular flexibility index (Phi) is 5.19. The van der Waals surface area contributed by atoms with E-state index in [1.807, 2.05) is 24.4 Å². The summed E-state index contributed by atoms with van der Waals surface area (Å²) in [6.45, 7) is 1.68. The van der Waals surface area contributed by atoms with Crippen LogP contribution in [-0.2, 0) is 24.2 Å². The lowest BCUT2D eigenvalue weighted by Crippen LogP contribution is -2.27. The SMILES string of the molecule is CN1CCc2c(sc(NC(=O)CCCc3c[nH]c4ccccc34)c2C(N)=O)C1. The van der Waals surface area contributed by atoms with E-state index in [9.17, 15) is 9.59 Å². The van der Waals surface area contributed by atoms with E-state index in [4.69, 9.17) is 5.73 Å². The highest BCUT2D eigenvalue weighted by Gasteiger charge is 2.26. The fraction of sp³-hybridized carbons (Fsp3) is 0.333. The number of nitrogens with two attached hydrogens (primary N) is 1. The van der Waals surface area contributed by atoms with Crippen molar-refractivity contribution < 1.29 is 9.59 Å². The second-order valence-electron chi connectivity index (χ2n) is 7.32. The predicted molar refractivity (Wildman–Crippen MR) is 113 cm³/mol. The molecule has 6 nitrogen and oxygen atoms in total. The molecule has 1 aliphatic heterocycles. The highest BCUT2D eigenvalue weighted by molar-refractivity contribution is 7.17. The zero-order valence-electron chi connectivity index (χ0n) is 15.9. The van der Waals surface area contributed by atoms with Crippen molar-refractivity contribution in [2.75, 3.05) is 18.9 Å². The average molecular weight is 397 g/mol. The Balaban J connectivity index is 1.40. The number of nitrogens with one attached hydrogen (secondary N) is 2. The van der Waals surface area contributed by atoms with Crippen LogP contribution in [0.1, 0.15) is 39.2 Å². The summed E-state index contributed by atoms with van der Waals surface area (Å²) in [7, 11) is 2.05. The number of fused-ring (bicyclic) bond motifs is 2. The fourth-order valence-electron chi connectivity index (χ4n) is 3.85. The summed E-state index contributed by atoms with van der Waals surface area (Å²) in [5.74, 6) is -0.537. The van der Waals surface area contributed by atoms with Gasteiger partial charge in [-0.25, -0.2) is 0 Å². The van der Waals surface area contributed by atoms with Gasteiger partial charge in [0.1, 0.15) is 5.00 Å². The van der Waals surface area contributed by atoms with Gasteiger partial charge in [-0.05, 0) is 43.5 Å². The van der Waals surface area contributed by atoms with Crippen molar-refractivity contribution in [3.05, 3.63) is 52.0 Å². The Hall–Kier alpha value is -2.64. The van der Waals surface area contributed by atoms with E-state index in [1.165, 1.54) is 22.3 Å². The van der Waals surface area contributed by atoms with Crippen molar-refractivity contribution in [1.29, 1.82) is 0 Å². The molecule has 146 valence electrons. The fourth-order valence-corrected chi connectivity index (χ4v) is 5.20. The first kappa shape index (κ1) is 18.7. The third kappa shape index (κ3) is 3.68. The maximum absolute atomic E-state index is 12.5. The number of anilines is 1. The number of primary amides is 1. The summed E-state index contributed by atoms with van der Waals surface area (Å²) in [6, 6.07) is 8.17. The molecule has 0 aliphatic carbocycles. The lowest BCUT2D eigenvalue weighted by Gasteiger charge is -2.22. The number of benzene rings is 1. The van der Waals surface area contributed by atoms with E-state index in [1.54, 1.807) is 0 Å². The molecule has 4 N–H and O–H groups in total. The van der Waals surface area contributed by atoms with Crippen molar-refractivity contribution in [3.63, 3.8) is 0 Å². The third-order valence-corrected chi connectivity index (χ3v) is 6.40. The molecule has 0 fully saturated rings. The van der Waals surface area contributed by atoms with Gasteiger partial charge in [0.2, 0.25) is 5.91 Å². The second kappa shape index (κ2) is 7.77. The molecule has 0 radical (unpaired) electrons. The number of hydrogen-bond acceptors (Lipinski definition) is 4. The number of aromatic amines is 1. The minimum absolute atomic E-state index is 0.0747. The Morgan fingerprint density at radius 2 is 2.14 bits per heavy atom. The van der Waals surface area contributed by atoms with E-state index >= 15 is 0 Å². The van der Waals surface area contributed by atoms with Gasteiger partial charge < -0.3 is 20.9 Å². The first-order valence-corrected chi connectivity index (χ1v) is 10.3. The lowest BCUT2D eigenvalue weighted by molar-refractivity contribution is -0.116. The Labute approximate surface area is 167 Å². The molecule has 1 aliphatic rings. The van der Waals surface area contributed by atoms with Crippen LogP contribution in [0.15, 0.2) is 30.5 Å². The van der Waals surface area contributed by atoms with Crippen molar-refractivity contribution in [2.24, 2.45) is 5.73 Å². The molecule has 1 aromatic carbocycles. The number of aromatic nitrogens is 1. The van der Waals surface area contributed by atoms with Crippen LogP contribution in [0, 0.1) is 0 Å². The highest BCUT2D eigenvalue weighted by atomic mass is 32.1. The van der Waals surface area contributed by atoms with E-state index in [0.29, 0.717) is 17.0 Å². The molecule has 3 heterocycles. The highest BCUT2D eigenvalue weighted by Crippen LogP contribution is 2.36. The van der Waals surface area contributed by atoms with Gasteiger partial charge in [-0.3, -0.25) is 9.59 Å². The number of para-hydroxylation sites is 1. The maximum atomic E-state index is 12.5. The molecule has 2 amide bonds. The van der Waals surface area contributed by atoms with Crippen LogP contribution in [0.25, 0.3) is 10.9 Å². The number of thiophene rings is 1. The van der Waals surface area contributed by atoms with Crippen LogP contribution >= 0.6 is 11.3 Å². The summed E-state index contributed by atoms with van der Waals surface area (Å²) in [6.07, 6.45) is 4.77. The molecule has 0 bridgehead atoms. The molecule has 2 aromatic heterocycles. The zero-order chi connectivity index (χ0) is 19.7. The molecular formula is C21H24N4O2S. The van der Waals surface area contributed by atoms with E-state index in [2.05, 4.69) is 28.3 Å². The topological polar surface area (TPSA) is 91.2 Å². The Bertz CT molecular complexity index is 1040. The van der Waals surface area contributed by atoms with Crippen LogP contribution in [0.3, 0.4) is 0 Å². The van der Waals surface area contributed by atoms with Gasteiger partial charge in [0.05, 0.1) is 5.56 Å². The number of aryl methyl sites for hydroxylation is 1. The van der Waals surface area contributed by atoms with Crippen LogP contribution in [0.5, 0.6) is 0 Å². The van der Waals surface area contributed by atoms with Gasteiger partial charge in [-0.2, -0.15) is 0 Å². The average Bonchev–Trinajstić information content (AvgIpc) is 3.22. The zero-order valence-corrected chi connectivity index (χ0v) is 16.7. The van der Waals surface area contributed by atoms with E-state index in [0.717, 1.165) is 48.3 Å². The Morgan fingerprint density at radius 3 is 2.96 bits per heavy atom. The first-order chi connectivity index (χ1) is 13.5. The number of hydrogen-bond donors (Lipinski definition) is 3. The van der Waals surface area contributed by atoms with Gasteiger partial charge in [0.25, 0.3) is 5.91 Å². The molecule has 7 heteroatoms. The van der Waals surface area contributed by atoms with Gasteiger partial charge in [0.15, 0.2) is 0 Å². The summed E-state index contributed by atoms with van der Waals surface area (Å²) in [5, 5.41) is 4.74. The van der Waals surface area contributed by atoms with Crippen LogP contribution < -0.4 is 11.1 Å². The summed E-state index contributed by atoms with van der Waals surface area (Å²) < 4.78 is 0. The van der Waals surface area contributed by atoms with Crippen molar-refractivity contribution in [1.82, 2.24) is 9.88 Å². The molecule has 0 unspecified atom stereocenters. The number of amides is 2. The van der Waals surface area contributed by atoms with Gasteiger partial charge >= 0.3 is 0 Å². The largest absolute Gasteiger partial charge is 0.365 e. The number of rotatable bonds is 6. The third-order valence-electron chi connectivity index (χ3n) is 5.27. The molecule has 0 saturated heterocycles. The minimum atomic E-state index is -0.462. The number of nitrogens with zero attached hydrogens (tertiary/aromatic N) is 1. The molecule has 0 atom stereocenters. The quantitative estimate of drug-likeness (QED) is 0.597. The van der Waals surface area contributed by atoms with Gasteiger partial charge in [-0.15, -0.1) is 11.3 Å². The normalized spacial score (nSPS) is 14.2. The van der Waals surface area contributed by atoms with Crippen molar-refractivity contribution >= 4 is 39.1 Å². The van der Waals surface area contributed by atoms with Crippen molar-refractivity contribution in [2.45, 2.75) is 32.2 Å². The summed E-state index contributed by atoms with van der Waals surface area (Å²) >= 11 is 1.48. The number of carbonyl (C=O) groups is 2. The molecule has 28 heavy (non-hydrogen) atoms. The molecule has 0 spiro atoms. The van der Waals surface area contributed by atoms with Crippen LogP contribution in [0.4, 0.5) is 5.00 Å². The second-order valence-corrected chi connectivity index (χ2v) is 8.43. The lowest BCUT2D eigenvalue weighted by atomic mass is 10.0. The molecule has 4 rings (SSSR count). The number of likely N-dealkylation sites (N-methyl/N-ethyl adjacent to an activating group) is 1. The van der Waals surface area contributed by atoms with Crippen LogP contribution in [-0.4, -0.2) is 35.3 Å². The standard InChI is InChI=1S/C21H24N4O2S/c1-25-10-9-15-17(12-25)28-21(19(15)20(22)27)24-18(26)8-4-5-13-11-23-16-7-3-2-6-14(13)16/h2-3,6-7,11,23H,4-5,8-10,12H2,1H3,(H2,22,27)(H,24,26). The van der Waals surface area contributed by atoms with Gasteiger partial charge in [-0.1, -0.05) is 18.2 Å². The molecular weight excluding hydrogens is 372 g/mol. The summed E-state index contributed by atoms with van der Waals surface area (Å²) in [4.78, 5) is 31.0. The molecule has 0 saturated carbocycles. The van der Waals surface area contributed by atoms with Crippen LogP contribution in [0.2, 0.25) is 0 Å². The minimum Gasteiger partial charge on any atom is -0.365 e. The van der Waals surface area contributed by atoms with Gasteiger partial charge in [0, 0.05) is 41.5 Å². The van der Waals surface area contributed by atoms with E-state index < -0.39 is 5.91 Å². The van der Waals surface area contributed by atoms with Crippen molar-refractivity contribution in [3.8, 4) is 0 Å². The Morgan fingerprint density at radius 1 is 1.32 bits per heavy atom. The van der Waals surface area contributed by atoms with E-state index in [-0.39, 0.29) is 5.91 Å².